The number of hydrogen-bond acceptors (Lipinski definition) is 3. The smallest absolute Gasteiger partial charge is 0.227 e. The van der Waals surface area contributed by atoms with Crippen molar-refractivity contribution in [1.29, 1.82) is 0 Å². The number of nitrogens with two attached hydrogens (primary N) is 1. The third-order valence-corrected chi connectivity index (χ3v) is 4.21. The summed E-state index contributed by atoms with van der Waals surface area (Å²) in [5, 5.41) is 1.08. The second-order valence-corrected chi connectivity index (χ2v) is 5.47. The minimum absolute atomic E-state index is 0. The topological polar surface area (TPSA) is 57.2 Å². The summed E-state index contributed by atoms with van der Waals surface area (Å²) in [6.45, 7) is 3.14. The largest absolute Gasteiger partial charge is 0.381 e. The summed E-state index contributed by atoms with van der Waals surface area (Å²) >= 11 is 0. The molecule has 1 aliphatic heterocycles. The first-order valence-corrected chi connectivity index (χ1v) is 7.12. The van der Waals surface area contributed by atoms with Gasteiger partial charge in [0.15, 0.2) is 0 Å². The molecule has 21 heavy (non-hydrogen) atoms. The van der Waals surface area contributed by atoms with Gasteiger partial charge >= 0.3 is 0 Å². The summed E-state index contributed by atoms with van der Waals surface area (Å²) in [7, 11) is 0. The van der Waals surface area contributed by atoms with E-state index in [1.165, 1.54) is 0 Å². The number of halogens is 1. The molecule has 2 aromatic rings. The average Bonchev–Trinajstić information content (AvgIpc) is 2.87. The van der Waals surface area contributed by atoms with Gasteiger partial charge in [-0.1, -0.05) is 18.2 Å². The van der Waals surface area contributed by atoms with Crippen LogP contribution in [-0.4, -0.2) is 23.7 Å². The molecule has 5 heteroatoms. The van der Waals surface area contributed by atoms with Crippen LogP contribution in [-0.2, 0) is 4.74 Å². The number of carbonyl (C=O) groups is 1. The van der Waals surface area contributed by atoms with Crippen molar-refractivity contribution in [3.63, 3.8) is 0 Å². The molecule has 1 aromatic carbocycles. The van der Waals surface area contributed by atoms with E-state index in [4.69, 9.17) is 10.5 Å². The lowest BCUT2D eigenvalue weighted by molar-refractivity contribution is 0.0585. The van der Waals surface area contributed by atoms with Crippen LogP contribution >= 0.6 is 12.4 Å². The Balaban J connectivity index is 0.00000161. The number of benzene rings is 1. The molecule has 0 aliphatic carbocycles. The fraction of sp³-hybridized carbons (Fsp3) is 0.438. The predicted molar refractivity (Wildman–Crippen MR) is 86.0 cm³/mol. The highest BCUT2D eigenvalue weighted by molar-refractivity contribution is 5.93. The van der Waals surface area contributed by atoms with E-state index >= 15 is 0 Å². The Morgan fingerprint density at radius 2 is 2.00 bits per heavy atom. The molecule has 4 nitrogen and oxygen atoms in total. The number of ether oxygens (including phenoxy) is 1. The van der Waals surface area contributed by atoms with Gasteiger partial charge in [-0.25, -0.2) is 0 Å². The highest BCUT2D eigenvalue weighted by atomic mass is 35.5. The second-order valence-electron chi connectivity index (χ2n) is 5.47. The van der Waals surface area contributed by atoms with E-state index in [1.807, 2.05) is 30.5 Å². The van der Waals surface area contributed by atoms with Gasteiger partial charge in [0, 0.05) is 37.8 Å². The maximum atomic E-state index is 11.8. The normalized spacial score (nSPS) is 17.4. The van der Waals surface area contributed by atoms with Gasteiger partial charge in [0.1, 0.15) is 0 Å². The van der Waals surface area contributed by atoms with Gasteiger partial charge in [-0.05, 0) is 30.4 Å². The van der Waals surface area contributed by atoms with E-state index in [0.29, 0.717) is 5.92 Å². The SMILES string of the molecule is CC(=O)n1cc([C@H](N)C2CCOCC2)c2ccccc21.Cl. The molecular formula is C16H21ClN2O2. The summed E-state index contributed by atoms with van der Waals surface area (Å²) in [5.74, 6) is 0.446. The molecule has 1 aromatic heterocycles. The molecule has 0 bridgehead atoms. The Morgan fingerprint density at radius 3 is 2.67 bits per heavy atom. The maximum absolute atomic E-state index is 11.8. The lowest BCUT2D eigenvalue weighted by Gasteiger charge is -2.27. The van der Waals surface area contributed by atoms with Gasteiger partial charge in [0.05, 0.1) is 5.52 Å². The molecule has 2 N–H and O–H groups in total. The van der Waals surface area contributed by atoms with Crippen LogP contribution in [0.3, 0.4) is 0 Å². The van der Waals surface area contributed by atoms with Crippen molar-refractivity contribution in [3.8, 4) is 0 Å². The number of aromatic nitrogens is 1. The quantitative estimate of drug-likeness (QED) is 0.927. The maximum Gasteiger partial charge on any atom is 0.227 e. The van der Waals surface area contributed by atoms with Crippen molar-refractivity contribution in [1.82, 2.24) is 4.57 Å². The van der Waals surface area contributed by atoms with Crippen LogP contribution in [0.4, 0.5) is 0 Å². The van der Waals surface area contributed by atoms with Crippen molar-refractivity contribution < 1.29 is 9.53 Å². The molecular weight excluding hydrogens is 288 g/mol. The van der Waals surface area contributed by atoms with Crippen molar-refractivity contribution >= 4 is 29.2 Å². The Morgan fingerprint density at radius 1 is 1.33 bits per heavy atom. The summed E-state index contributed by atoms with van der Waals surface area (Å²) in [6.07, 6.45) is 3.88. The first kappa shape index (κ1) is 16.0. The predicted octanol–water partition coefficient (Wildman–Crippen LogP) is 3.15. The molecule has 2 heterocycles. The number of hydrogen-bond donors (Lipinski definition) is 1. The summed E-state index contributed by atoms with van der Waals surface area (Å²) in [6, 6.07) is 7.92. The molecule has 1 saturated heterocycles. The minimum atomic E-state index is -0.0376. The standard InChI is InChI=1S/C16H20N2O2.ClH/c1-11(19)18-10-14(13-4-2-3-5-15(13)18)16(17)12-6-8-20-9-7-12;/h2-5,10,12,16H,6-9,17H2,1H3;1H/t16-;/m1./s1. The third-order valence-electron chi connectivity index (χ3n) is 4.21. The molecule has 1 fully saturated rings. The summed E-state index contributed by atoms with van der Waals surface area (Å²) in [4.78, 5) is 11.8. The highest BCUT2D eigenvalue weighted by Gasteiger charge is 2.25. The lowest BCUT2D eigenvalue weighted by Crippen LogP contribution is -2.27. The van der Waals surface area contributed by atoms with Crippen molar-refractivity contribution in [2.24, 2.45) is 11.7 Å². The molecule has 1 aliphatic rings. The number of para-hydroxylation sites is 1. The van der Waals surface area contributed by atoms with E-state index < -0.39 is 0 Å². The molecule has 0 unspecified atom stereocenters. The molecule has 0 spiro atoms. The van der Waals surface area contributed by atoms with Gasteiger partial charge in [-0.2, -0.15) is 0 Å². The van der Waals surface area contributed by atoms with Gasteiger partial charge in [0.25, 0.3) is 0 Å². The summed E-state index contributed by atoms with van der Waals surface area (Å²) in [5.41, 5.74) is 8.48. The molecule has 3 rings (SSSR count). The van der Waals surface area contributed by atoms with E-state index in [1.54, 1.807) is 11.5 Å². The van der Waals surface area contributed by atoms with Crippen LogP contribution in [0.1, 0.15) is 36.2 Å². The highest BCUT2D eigenvalue weighted by Crippen LogP contribution is 2.33. The van der Waals surface area contributed by atoms with Crippen LogP contribution in [0.2, 0.25) is 0 Å². The Labute approximate surface area is 130 Å². The summed E-state index contributed by atoms with van der Waals surface area (Å²) < 4.78 is 7.10. The van der Waals surface area contributed by atoms with Crippen LogP contribution < -0.4 is 5.73 Å². The Kier molecular flexibility index (Phi) is 5.04. The first-order valence-electron chi connectivity index (χ1n) is 7.12. The van der Waals surface area contributed by atoms with E-state index in [0.717, 1.165) is 42.5 Å². The fourth-order valence-corrected chi connectivity index (χ4v) is 3.06. The van der Waals surface area contributed by atoms with Crippen molar-refractivity contribution in [2.45, 2.75) is 25.8 Å². The monoisotopic (exact) mass is 308 g/mol. The van der Waals surface area contributed by atoms with E-state index in [9.17, 15) is 4.79 Å². The molecule has 0 saturated carbocycles. The zero-order chi connectivity index (χ0) is 14.1. The van der Waals surface area contributed by atoms with Gasteiger partial charge < -0.3 is 10.5 Å². The molecule has 1 atom stereocenters. The average molecular weight is 309 g/mol. The fourth-order valence-electron chi connectivity index (χ4n) is 3.06. The van der Waals surface area contributed by atoms with Crippen LogP contribution in [0.15, 0.2) is 30.5 Å². The number of carbonyl (C=O) groups excluding carboxylic acids is 1. The number of nitrogens with zero attached hydrogens (tertiary/aromatic N) is 1. The Bertz CT molecular complexity index is 632. The molecule has 114 valence electrons. The zero-order valence-electron chi connectivity index (χ0n) is 12.1. The van der Waals surface area contributed by atoms with E-state index in [2.05, 4.69) is 0 Å². The van der Waals surface area contributed by atoms with Crippen LogP contribution in [0, 0.1) is 5.92 Å². The number of rotatable bonds is 2. The van der Waals surface area contributed by atoms with Gasteiger partial charge in [-0.15, -0.1) is 12.4 Å². The third kappa shape index (κ3) is 2.98. The minimum Gasteiger partial charge on any atom is -0.381 e. The van der Waals surface area contributed by atoms with Gasteiger partial charge in [0.2, 0.25) is 5.91 Å². The Hall–Kier alpha value is -1.36. The lowest BCUT2D eigenvalue weighted by atomic mass is 9.88. The molecule has 0 amide bonds. The van der Waals surface area contributed by atoms with Crippen LogP contribution in [0.25, 0.3) is 10.9 Å². The second kappa shape index (κ2) is 6.60. The van der Waals surface area contributed by atoms with Gasteiger partial charge in [-0.3, -0.25) is 9.36 Å². The zero-order valence-corrected chi connectivity index (χ0v) is 12.9. The van der Waals surface area contributed by atoms with E-state index in [-0.39, 0.29) is 24.4 Å². The molecule has 0 radical (unpaired) electrons. The van der Waals surface area contributed by atoms with Crippen molar-refractivity contribution in [3.05, 3.63) is 36.0 Å². The van der Waals surface area contributed by atoms with Crippen molar-refractivity contribution in [2.75, 3.05) is 13.2 Å². The number of fused-ring (bicyclic) bond motifs is 1. The van der Waals surface area contributed by atoms with Crippen LogP contribution in [0.5, 0.6) is 0 Å². The first-order chi connectivity index (χ1) is 9.68.